The quantitative estimate of drug-likeness (QED) is 0.325. The molecule has 0 unspecified atom stereocenters. The summed E-state index contributed by atoms with van der Waals surface area (Å²) in [6, 6.07) is 15.7. The number of rotatable bonds is 7. The number of hydrogen-bond acceptors (Lipinski definition) is 5. The molecule has 0 aliphatic carbocycles. The highest BCUT2D eigenvalue weighted by Crippen LogP contribution is 2.41. The standard InChI is InChI=1S/C22H22N4O3S/c1-2-3-14-25-21(20(24-22(25)30)16-9-6-7-13-23-16)19-12-11-18(29-19)15-8-4-5-10-17(15)26(27)28/h4-13,20-21H,2-3,14H2,1H3,(H,24,30)/t20-,21+/m1/s1. The molecule has 154 valence electrons. The van der Waals surface area contributed by atoms with E-state index in [4.69, 9.17) is 16.6 Å². The lowest BCUT2D eigenvalue weighted by atomic mass is 10.0. The Kier molecular flexibility index (Phi) is 5.76. The molecule has 7 nitrogen and oxygen atoms in total. The third kappa shape index (κ3) is 3.78. The molecule has 0 amide bonds. The van der Waals surface area contributed by atoms with Gasteiger partial charge in [-0.25, -0.2) is 0 Å². The lowest BCUT2D eigenvalue weighted by molar-refractivity contribution is -0.384. The van der Waals surface area contributed by atoms with E-state index >= 15 is 0 Å². The van der Waals surface area contributed by atoms with Crippen molar-refractivity contribution in [3.05, 3.63) is 82.4 Å². The van der Waals surface area contributed by atoms with E-state index < -0.39 is 4.92 Å². The van der Waals surface area contributed by atoms with Crippen molar-refractivity contribution in [3.63, 3.8) is 0 Å². The SMILES string of the molecule is CCCCN1C(=S)N[C@H](c2ccccn2)[C@@H]1c1ccc(-c2ccccc2[N+](=O)[O-])o1. The van der Waals surface area contributed by atoms with Gasteiger partial charge in [0.25, 0.3) is 5.69 Å². The number of benzene rings is 1. The van der Waals surface area contributed by atoms with Gasteiger partial charge in [0.05, 0.1) is 22.2 Å². The van der Waals surface area contributed by atoms with Crippen molar-refractivity contribution < 1.29 is 9.34 Å². The minimum Gasteiger partial charge on any atom is -0.459 e. The van der Waals surface area contributed by atoms with E-state index in [-0.39, 0.29) is 17.8 Å². The summed E-state index contributed by atoms with van der Waals surface area (Å²) in [5, 5.41) is 15.5. The van der Waals surface area contributed by atoms with E-state index in [2.05, 4.69) is 22.1 Å². The Morgan fingerprint density at radius 1 is 1.20 bits per heavy atom. The molecule has 1 saturated heterocycles. The fourth-order valence-corrected chi connectivity index (χ4v) is 4.11. The number of furan rings is 1. The van der Waals surface area contributed by atoms with Gasteiger partial charge in [0.1, 0.15) is 17.6 Å². The highest BCUT2D eigenvalue weighted by atomic mass is 32.1. The van der Waals surface area contributed by atoms with E-state index in [0.29, 0.717) is 22.2 Å². The molecule has 2 aromatic heterocycles. The minimum atomic E-state index is -0.395. The summed E-state index contributed by atoms with van der Waals surface area (Å²) in [5.74, 6) is 1.16. The number of aromatic nitrogens is 1. The molecule has 0 bridgehead atoms. The molecule has 1 N–H and O–H groups in total. The fraction of sp³-hybridized carbons (Fsp3) is 0.273. The van der Waals surface area contributed by atoms with E-state index in [1.54, 1.807) is 30.5 Å². The number of nitrogens with zero attached hydrogens (tertiary/aromatic N) is 3. The Labute approximate surface area is 179 Å². The van der Waals surface area contributed by atoms with Crippen LogP contribution in [0.15, 0.2) is 65.2 Å². The lowest BCUT2D eigenvalue weighted by Crippen LogP contribution is -2.30. The fourth-order valence-electron chi connectivity index (χ4n) is 3.78. The first-order valence-corrected chi connectivity index (χ1v) is 10.3. The number of pyridine rings is 1. The summed E-state index contributed by atoms with van der Waals surface area (Å²) in [7, 11) is 0. The molecule has 1 fully saturated rings. The van der Waals surface area contributed by atoms with Crippen LogP contribution in [0.2, 0.25) is 0 Å². The molecule has 8 heteroatoms. The van der Waals surface area contributed by atoms with Gasteiger partial charge in [-0.1, -0.05) is 31.5 Å². The van der Waals surface area contributed by atoms with Crippen molar-refractivity contribution in [3.8, 4) is 11.3 Å². The second-order valence-corrected chi connectivity index (χ2v) is 7.54. The zero-order valence-electron chi connectivity index (χ0n) is 16.5. The molecule has 30 heavy (non-hydrogen) atoms. The van der Waals surface area contributed by atoms with Crippen molar-refractivity contribution in [2.45, 2.75) is 31.8 Å². The van der Waals surface area contributed by atoms with Crippen molar-refractivity contribution in [2.24, 2.45) is 0 Å². The Balaban J connectivity index is 1.74. The van der Waals surface area contributed by atoms with Gasteiger partial charge in [-0.05, 0) is 49.0 Å². The highest BCUT2D eigenvalue weighted by molar-refractivity contribution is 7.80. The normalized spacial score (nSPS) is 18.4. The summed E-state index contributed by atoms with van der Waals surface area (Å²) in [4.78, 5) is 17.7. The van der Waals surface area contributed by atoms with Crippen LogP contribution in [-0.4, -0.2) is 26.5 Å². The van der Waals surface area contributed by atoms with Gasteiger partial charge < -0.3 is 14.6 Å². The van der Waals surface area contributed by atoms with E-state index in [1.165, 1.54) is 6.07 Å². The summed E-state index contributed by atoms with van der Waals surface area (Å²) >= 11 is 5.62. The second-order valence-electron chi connectivity index (χ2n) is 7.15. The van der Waals surface area contributed by atoms with Crippen LogP contribution in [0.25, 0.3) is 11.3 Å². The number of unbranched alkanes of at least 4 members (excludes halogenated alkanes) is 1. The van der Waals surface area contributed by atoms with Crippen LogP contribution in [0.5, 0.6) is 0 Å². The van der Waals surface area contributed by atoms with Gasteiger partial charge >= 0.3 is 0 Å². The molecule has 0 saturated carbocycles. The molecular weight excluding hydrogens is 400 g/mol. The zero-order chi connectivity index (χ0) is 21.1. The third-order valence-corrected chi connectivity index (χ3v) is 5.59. The van der Waals surface area contributed by atoms with Gasteiger partial charge in [-0.15, -0.1) is 0 Å². The molecule has 2 atom stereocenters. The molecule has 1 aromatic carbocycles. The molecule has 1 aliphatic rings. The number of nitro groups is 1. The molecular formula is C22H22N4O3S. The largest absolute Gasteiger partial charge is 0.459 e. The van der Waals surface area contributed by atoms with Gasteiger partial charge in [0, 0.05) is 18.8 Å². The van der Waals surface area contributed by atoms with Crippen LogP contribution < -0.4 is 5.32 Å². The summed E-state index contributed by atoms with van der Waals surface area (Å²) in [6.45, 7) is 2.93. The van der Waals surface area contributed by atoms with Crippen molar-refractivity contribution in [2.75, 3.05) is 6.54 Å². The first-order valence-electron chi connectivity index (χ1n) is 9.91. The maximum absolute atomic E-state index is 11.4. The first-order chi connectivity index (χ1) is 14.6. The van der Waals surface area contributed by atoms with E-state index in [0.717, 1.165) is 25.1 Å². The summed E-state index contributed by atoms with van der Waals surface area (Å²) < 4.78 is 6.18. The van der Waals surface area contributed by atoms with E-state index in [1.807, 2.05) is 24.3 Å². The number of thiocarbonyl (C=S) groups is 1. The summed E-state index contributed by atoms with van der Waals surface area (Å²) in [6.07, 6.45) is 3.79. The average molecular weight is 423 g/mol. The van der Waals surface area contributed by atoms with Crippen LogP contribution in [0, 0.1) is 10.1 Å². The van der Waals surface area contributed by atoms with Gasteiger partial charge in [-0.3, -0.25) is 15.1 Å². The Bertz CT molecular complexity index is 1050. The maximum atomic E-state index is 11.4. The average Bonchev–Trinajstić information content (AvgIpc) is 3.37. The summed E-state index contributed by atoms with van der Waals surface area (Å²) in [5.41, 5.74) is 1.34. The topological polar surface area (TPSA) is 84.4 Å². The Hall–Kier alpha value is -3.26. The van der Waals surface area contributed by atoms with Crippen molar-refractivity contribution >= 4 is 23.0 Å². The van der Waals surface area contributed by atoms with Crippen LogP contribution in [0.3, 0.4) is 0 Å². The monoisotopic (exact) mass is 422 g/mol. The molecule has 0 radical (unpaired) electrons. The van der Waals surface area contributed by atoms with Crippen molar-refractivity contribution in [1.82, 2.24) is 15.2 Å². The van der Waals surface area contributed by atoms with Crippen LogP contribution >= 0.6 is 12.2 Å². The highest BCUT2D eigenvalue weighted by Gasteiger charge is 2.41. The third-order valence-electron chi connectivity index (χ3n) is 5.23. The predicted molar refractivity (Wildman–Crippen MR) is 118 cm³/mol. The smallest absolute Gasteiger partial charge is 0.280 e. The maximum Gasteiger partial charge on any atom is 0.280 e. The minimum absolute atomic E-state index is 0.0163. The van der Waals surface area contributed by atoms with Gasteiger partial charge in [0.2, 0.25) is 0 Å². The molecule has 0 spiro atoms. The Morgan fingerprint density at radius 2 is 2.00 bits per heavy atom. The number of nitro benzene ring substituents is 1. The van der Waals surface area contributed by atoms with E-state index in [9.17, 15) is 10.1 Å². The zero-order valence-corrected chi connectivity index (χ0v) is 17.3. The first kappa shape index (κ1) is 20.0. The molecule has 3 aromatic rings. The Morgan fingerprint density at radius 3 is 2.73 bits per heavy atom. The van der Waals surface area contributed by atoms with Crippen LogP contribution in [-0.2, 0) is 0 Å². The second kappa shape index (κ2) is 8.62. The molecule has 4 rings (SSSR count). The van der Waals surface area contributed by atoms with Gasteiger partial charge in [-0.2, -0.15) is 0 Å². The van der Waals surface area contributed by atoms with Crippen molar-refractivity contribution in [1.29, 1.82) is 0 Å². The number of para-hydroxylation sites is 1. The van der Waals surface area contributed by atoms with Gasteiger partial charge in [0.15, 0.2) is 5.11 Å². The van der Waals surface area contributed by atoms with Crippen LogP contribution in [0.1, 0.15) is 43.3 Å². The number of hydrogen-bond donors (Lipinski definition) is 1. The lowest BCUT2D eigenvalue weighted by Gasteiger charge is -2.25. The van der Waals surface area contributed by atoms with Crippen LogP contribution in [0.4, 0.5) is 5.69 Å². The molecule has 1 aliphatic heterocycles. The number of nitrogens with one attached hydrogen (secondary N) is 1. The predicted octanol–water partition coefficient (Wildman–Crippen LogP) is 5.02. The molecule has 3 heterocycles.